The zero-order chi connectivity index (χ0) is 19.1. The Labute approximate surface area is 157 Å². The average molecular weight is 397 g/mol. The van der Waals surface area contributed by atoms with Gasteiger partial charge < -0.3 is 15.2 Å². The van der Waals surface area contributed by atoms with Crippen LogP contribution in [-0.4, -0.2) is 44.8 Å². The molecule has 0 bridgehead atoms. The number of rotatable bonds is 3. The van der Waals surface area contributed by atoms with Crippen molar-refractivity contribution in [2.24, 2.45) is 5.73 Å². The SMILES string of the molecule is N[C@@H]1CN(c2nc3c(F)cc(F)cc3n2Cc2ncc(Cl)cn2)CC[C@H]1F. The highest BCUT2D eigenvalue weighted by Gasteiger charge is 2.30. The Balaban J connectivity index is 1.81. The smallest absolute Gasteiger partial charge is 0.207 e. The molecule has 1 saturated heterocycles. The molecule has 27 heavy (non-hydrogen) atoms. The maximum Gasteiger partial charge on any atom is 0.207 e. The Hall–Kier alpha value is -2.39. The number of anilines is 1. The molecule has 2 N–H and O–H groups in total. The number of alkyl halides is 1. The number of halogens is 4. The minimum absolute atomic E-state index is 0.0244. The van der Waals surface area contributed by atoms with E-state index in [1.54, 1.807) is 9.47 Å². The Morgan fingerprint density at radius 1 is 1.22 bits per heavy atom. The van der Waals surface area contributed by atoms with Gasteiger partial charge in [-0.3, -0.25) is 0 Å². The number of fused-ring (bicyclic) bond motifs is 1. The van der Waals surface area contributed by atoms with Gasteiger partial charge in [0.15, 0.2) is 5.82 Å². The van der Waals surface area contributed by atoms with Crippen LogP contribution in [0.1, 0.15) is 12.2 Å². The van der Waals surface area contributed by atoms with E-state index in [1.807, 2.05) is 0 Å². The second-order valence-electron chi connectivity index (χ2n) is 6.49. The molecule has 0 radical (unpaired) electrons. The van der Waals surface area contributed by atoms with E-state index in [4.69, 9.17) is 17.3 Å². The molecule has 0 saturated carbocycles. The van der Waals surface area contributed by atoms with E-state index in [9.17, 15) is 13.2 Å². The summed E-state index contributed by atoms with van der Waals surface area (Å²) >= 11 is 5.81. The normalized spacial score (nSPS) is 20.4. The van der Waals surface area contributed by atoms with E-state index in [1.165, 1.54) is 18.5 Å². The van der Waals surface area contributed by atoms with Crippen molar-refractivity contribution in [1.82, 2.24) is 19.5 Å². The number of piperidine rings is 1. The summed E-state index contributed by atoms with van der Waals surface area (Å²) in [4.78, 5) is 14.4. The summed E-state index contributed by atoms with van der Waals surface area (Å²) < 4.78 is 43.5. The lowest BCUT2D eigenvalue weighted by Crippen LogP contribution is -2.50. The molecule has 3 aromatic rings. The third-order valence-electron chi connectivity index (χ3n) is 4.58. The van der Waals surface area contributed by atoms with Gasteiger partial charge in [0.1, 0.15) is 23.3 Å². The van der Waals surface area contributed by atoms with Crippen LogP contribution in [0.25, 0.3) is 11.0 Å². The molecule has 1 aliphatic heterocycles. The van der Waals surface area contributed by atoms with Gasteiger partial charge in [0, 0.05) is 37.6 Å². The fraction of sp³-hybridized carbons (Fsp3) is 0.353. The molecular formula is C17H16ClF3N6. The van der Waals surface area contributed by atoms with Crippen molar-refractivity contribution in [1.29, 1.82) is 0 Å². The molecule has 3 heterocycles. The number of nitrogens with zero attached hydrogens (tertiary/aromatic N) is 5. The zero-order valence-electron chi connectivity index (χ0n) is 14.1. The van der Waals surface area contributed by atoms with Gasteiger partial charge in [0.05, 0.1) is 23.1 Å². The molecule has 4 rings (SSSR count). The lowest BCUT2D eigenvalue weighted by Gasteiger charge is -2.34. The molecule has 1 aliphatic rings. The Morgan fingerprint density at radius 3 is 2.67 bits per heavy atom. The van der Waals surface area contributed by atoms with Crippen LogP contribution in [0.3, 0.4) is 0 Å². The third kappa shape index (κ3) is 3.44. The van der Waals surface area contributed by atoms with E-state index in [0.717, 1.165) is 6.07 Å². The van der Waals surface area contributed by atoms with E-state index in [0.29, 0.717) is 23.3 Å². The van der Waals surface area contributed by atoms with Crippen LogP contribution < -0.4 is 10.6 Å². The van der Waals surface area contributed by atoms with Crippen LogP contribution in [0.15, 0.2) is 24.5 Å². The molecule has 1 aromatic carbocycles. The molecule has 2 aromatic heterocycles. The van der Waals surface area contributed by atoms with Gasteiger partial charge in [0.25, 0.3) is 0 Å². The van der Waals surface area contributed by atoms with Crippen molar-refractivity contribution in [2.75, 3.05) is 18.0 Å². The molecule has 0 aliphatic carbocycles. The zero-order valence-corrected chi connectivity index (χ0v) is 14.9. The highest BCUT2D eigenvalue weighted by molar-refractivity contribution is 6.30. The van der Waals surface area contributed by atoms with Gasteiger partial charge in [-0.25, -0.2) is 28.1 Å². The Kier molecular flexibility index (Phi) is 4.65. The lowest BCUT2D eigenvalue weighted by atomic mass is 10.1. The van der Waals surface area contributed by atoms with Crippen LogP contribution in [-0.2, 0) is 6.54 Å². The second kappa shape index (κ2) is 6.97. The summed E-state index contributed by atoms with van der Waals surface area (Å²) in [6, 6.07) is 1.30. The van der Waals surface area contributed by atoms with Crippen molar-refractivity contribution in [2.45, 2.75) is 25.2 Å². The van der Waals surface area contributed by atoms with Crippen molar-refractivity contribution in [3.05, 3.63) is 47.0 Å². The fourth-order valence-corrected chi connectivity index (χ4v) is 3.33. The summed E-state index contributed by atoms with van der Waals surface area (Å²) in [5, 5.41) is 0.377. The highest BCUT2D eigenvalue weighted by atomic mass is 35.5. The average Bonchev–Trinajstić information content (AvgIpc) is 2.98. The fourth-order valence-electron chi connectivity index (χ4n) is 3.23. The summed E-state index contributed by atoms with van der Waals surface area (Å²) in [5.74, 6) is -0.722. The van der Waals surface area contributed by atoms with Gasteiger partial charge >= 0.3 is 0 Å². The summed E-state index contributed by atoms with van der Waals surface area (Å²) in [7, 11) is 0. The van der Waals surface area contributed by atoms with Gasteiger partial charge in [-0.1, -0.05) is 11.6 Å². The summed E-state index contributed by atoms with van der Waals surface area (Å²) in [6.45, 7) is 0.705. The number of hydrogen-bond acceptors (Lipinski definition) is 5. The standard InChI is InChI=1S/C17H16ClF3N6/c18-9-5-23-15(24-6-9)8-27-14-4-10(19)3-12(21)16(14)25-17(27)26-2-1-11(20)13(22)7-26/h3-6,11,13H,1-2,7-8,22H2/t11-,13-/m1/s1. The number of aromatic nitrogens is 4. The molecule has 6 nitrogen and oxygen atoms in total. The molecule has 1 fully saturated rings. The summed E-state index contributed by atoms with van der Waals surface area (Å²) in [5.41, 5.74) is 6.13. The Bertz CT molecular complexity index is 977. The first-order valence-electron chi connectivity index (χ1n) is 8.38. The molecule has 0 spiro atoms. The minimum atomic E-state index is -1.10. The van der Waals surface area contributed by atoms with Crippen LogP contribution >= 0.6 is 11.6 Å². The van der Waals surface area contributed by atoms with Gasteiger partial charge in [0.2, 0.25) is 5.95 Å². The van der Waals surface area contributed by atoms with E-state index in [2.05, 4.69) is 15.0 Å². The van der Waals surface area contributed by atoms with Gasteiger partial charge in [-0.2, -0.15) is 0 Å². The minimum Gasteiger partial charge on any atom is -0.340 e. The van der Waals surface area contributed by atoms with Crippen LogP contribution in [0.5, 0.6) is 0 Å². The first-order chi connectivity index (χ1) is 12.9. The maximum atomic E-state index is 14.3. The number of nitrogens with two attached hydrogens (primary N) is 1. The molecule has 0 amide bonds. The van der Waals surface area contributed by atoms with Crippen molar-refractivity contribution >= 4 is 28.6 Å². The molecule has 10 heteroatoms. The van der Waals surface area contributed by atoms with Crippen molar-refractivity contribution in [3.8, 4) is 0 Å². The van der Waals surface area contributed by atoms with Gasteiger partial charge in [-0.15, -0.1) is 0 Å². The monoisotopic (exact) mass is 396 g/mol. The topological polar surface area (TPSA) is 72.9 Å². The molecule has 2 atom stereocenters. The predicted octanol–water partition coefficient (Wildman–Crippen LogP) is 2.68. The van der Waals surface area contributed by atoms with Crippen LogP contribution in [0.4, 0.5) is 19.1 Å². The van der Waals surface area contributed by atoms with E-state index < -0.39 is 23.8 Å². The molecule has 0 unspecified atom stereocenters. The first-order valence-corrected chi connectivity index (χ1v) is 8.76. The molecular weight excluding hydrogens is 381 g/mol. The number of hydrogen-bond donors (Lipinski definition) is 1. The quantitative estimate of drug-likeness (QED) is 0.737. The van der Waals surface area contributed by atoms with Crippen molar-refractivity contribution < 1.29 is 13.2 Å². The first kappa shape index (κ1) is 18.0. The second-order valence-corrected chi connectivity index (χ2v) is 6.92. The number of imidazole rings is 1. The van der Waals surface area contributed by atoms with E-state index in [-0.39, 0.29) is 30.5 Å². The number of benzene rings is 1. The van der Waals surface area contributed by atoms with Crippen LogP contribution in [0.2, 0.25) is 5.02 Å². The highest BCUT2D eigenvalue weighted by Crippen LogP contribution is 2.28. The third-order valence-corrected chi connectivity index (χ3v) is 4.77. The molecule has 142 valence electrons. The summed E-state index contributed by atoms with van der Waals surface area (Å²) in [6.07, 6.45) is 2.01. The Morgan fingerprint density at radius 2 is 1.96 bits per heavy atom. The van der Waals surface area contributed by atoms with E-state index >= 15 is 0 Å². The van der Waals surface area contributed by atoms with Crippen molar-refractivity contribution in [3.63, 3.8) is 0 Å². The predicted molar refractivity (Wildman–Crippen MR) is 95.5 cm³/mol. The van der Waals surface area contributed by atoms with Gasteiger partial charge in [-0.05, 0) is 6.42 Å². The maximum absolute atomic E-state index is 14.3. The lowest BCUT2D eigenvalue weighted by molar-refractivity contribution is 0.243. The van der Waals surface area contributed by atoms with Crippen LogP contribution in [0, 0.1) is 11.6 Å². The largest absolute Gasteiger partial charge is 0.340 e.